The highest BCUT2D eigenvalue weighted by Gasteiger charge is 2.29. The third-order valence-corrected chi connectivity index (χ3v) is 6.59. The van der Waals surface area contributed by atoms with Crippen molar-refractivity contribution < 1.29 is 23.6 Å². The van der Waals surface area contributed by atoms with Gasteiger partial charge in [-0.25, -0.2) is 9.37 Å². The summed E-state index contributed by atoms with van der Waals surface area (Å²) >= 11 is 0. The van der Waals surface area contributed by atoms with Crippen LogP contribution >= 0.6 is 0 Å². The minimum absolute atomic E-state index is 0.0996. The molecule has 3 heterocycles. The number of fused-ring (bicyclic) bond motifs is 1. The number of hydrogen-bond donors (Lipinski definition) is 0. The van der Waals surface area contributed by atoms with Crippen LogP contribution in [0.15, 0.2) is 36.4 Å². The molecule has 192 valence electrons. The first-order chi connectivity index (χ1) is 17.8. The van der Waals surface area contributed by atoms with Gasteiger partial charge in [-0.1, -0.05) is 6.07 Å². The molecule has 2 aliphatic heterocycles. The maximum atomic E-state index is 13.8. The Labute approximate surface area is 212 Å². The molecule has 0 radical (unpaired) electrons. The molecule has 0 bridgehead atoms. The SMILES string of the molecule is Cc1cc(Oc2nc(N3CCOCC3)nc3c2CN(C(=O)c2ccc(C)c([N+](=O)[O-])c2)CC3)ccc1F. The summed E-state index contributed by atoms with van der Waals surface area (Å²) < 4.78 is 25.4. The standard InChI is InChI=1S/C26H26FN5O5/c1-16-3-4-18(14-23(16)32(34)35)25(33)31-8-7-22-20(15-31)24(37-19-5-6-21(27)17(2)13-19)29-26(28-22)30-9-11-36-12-10-30/h3-6,13-14H,7-12,15H2,1-2H3. The fourth-order valence-corrected chi connectivity index (χ4v) is 4.45. The summed E-state index contributed by atoms with van der Waals surface area (Å²) in [5.41, 5.74) is 2.48. The molecule has 5 rings (SSSR count). The number of halogens is 1. The smallest absolute Gasteiger partial charge is 0.273 e. The van der Waals surface area contributed by atoms with Gasteiger partial charge in [-0.15, -0.1) is 0 Å². The highest BCUT2D eigenvalue weighted by atomic mass is 19.1. The molecule has 37 heavy (non-hydrogen) atoms. The largest absolute Gasteiger partial charge is 0.438 e. The van der Waals surface area contributed by atoms with E-state index in [4.69, 9.17) is 14.5 Å². The summed E-state index contributed by atoms with van der Waals surface area (Å²) in [4.78, 5) is 37.3. The van der Waals surface area contributed by atoms with E-state index >= 15 is 0 Å². The van der Waals surface area contributed by atoms with Gasteiger partial charge in [0.05, 0.1) is 35.9 Å². The van der Waals surface area contributed by atoms with Crippen LogP contribution in [-0.2, 0) is 17.7 Å². The van der Waals surface area contributed by atoms with E-state index in [2.05, 4.69) is 4.98 Å². The van der Waals surface area contributed by atoms with Gasteiger partial charge in [0.25, 0.3) is 11.6 Å². The van der Waals surface area contributed by atoms with Gasteiger partial charge >= 0.3 is 0 Å². The molecular weight excluding hydrogens is 481 g/mol. The number of carbonyl (C=O) groups is 1. The maximum absolute atomic E-state index is 13.8. The van der Waals surface area contributed by atoms with Crippen LogP contribution < -0.4 is 9.64 Å². The number of anilines is 1. The van der Waals surface area contributed by atoms with E-state index < -0.39 is 4.92 Å². The summed E-state index contributed by atoms with van der Waals surface area (Å²) in [5, 5.41) is 11.4. The van der Waals surface area contributed by atoms with Crippen LogP contribution in [0.2, 0.25) is 0 Å². The van der Waals surface area contributed by atoms with Crippen molar-refractivity contribution in [1.29, 1.82) is 0 Å². The van der Waals surface area contributed by atoms with Gasteiger partial charge in [-0.2, -0.15) is 4.98 Å². The van der Waals surface area contributed by atoms with Crippen molar-refractivity contribution in [3.63, 3.8) is 0 Å². The first-order valence-corrected chi connectivity index (χ1v) is 12.0. The lowest BCUT2D eigenvalue weighted by Crippen LogP contribution is -2.39. The van der Waals surface area contributed by atoms with Gasteiger partial charge in [0, 0.05) is 43.2 Å². The quantitative estimate of drug-likeness (QED) is 0.377. The molecule has 1 fully saturated rings. The molecule has 2 aliphatic rings. The number of ether oxygens (including phenoxy) is 2. The van der Waals surface area contributed by atoms with E-state index in [-0.39, 0.29) is 29.5 Å². The minimum Gasteiger partial charge on any atom is -0.438 e. The van der Waals surface area contributed by atoms with Crippen LogP contribution in [-0.4, -0.2) is 58.5 Å². The average molecular weight is 508 g/mol. The van der Waals surface area contributed by atoms with E-state index in [0.29, 0.717) is 73.5 Å². The second-order valence-electron chi connectivity index (χ2n) is 9.10. The number of morpholine rings is 1. The number of nitrogens with zero attached hydrogens (tertiary/aromatic N) is 5. The molecule has 1 amide bonds. The monoisotopic (exact) mass is 507 g/mol. The van der Waals surface area contributed by atoms with Gasteiger partial charge < -0.3 is 19.3 Å². The topological polar surface area (TPSA) is 111 Å². The first kappa shape index (κ1) is 24.6. The van der Waals surface area contributed by atoms with Gasteiger partial charge in [-0.3, -0.25) is 14.9 Å². The third-order valence-electron chi connectivity index (χ3n) is 6.59. The summed E-state index contributed by atoms with van der Waals surface area (Å²) in [6, 6.07) is 8.94. The highest BCUT2D eigenvalue weighted by Crippen LogP contribution is 2.33. The maximum Gasteiger partial charge on any atom is 0.273 e. The van der Waals surface area contributed by atoms with Gasteiger partial charge in [0.2, 0.25) is 11.8 Å². The number of aryl methyl sites for hydroxylation is 2. The fourth-order valence-electron chi connectivity index (χ4n) is 4.45. The number of aromatic nitrogens is 2. The Morgan fingerprint density at radius 2 is 1.86 bits per heavy atom. The molecule has 11 heteroatoms. The zero-order valence-electron chi connectivity index (χ0n) is 20.6. The highest BCUT2D eigenvalue weighted by molar-refractivity contribution is 5.95. The van der Waals surface area contributed by atoms with E-state index in [0.717, 1.165) is 5.69 Å². The predicted octanol–water partition coefficient (Wildman–Crippen LogP) is 3.97. The number of benzene rings is 2. The number of nitro groups is 1. The molecule has 1 aromatic heterocycles. The van der Waals surface area contributed by atoms with Crippen molar-refractivity contribution in [2.24, 2.45) is 0 Å². The van der Waals surface area contributed by atoms with Crippen LogP contribution in [0.25, 0.3) is 0 Å². The zero-order chi connectivity index (χ0) is 26.1. The number of hydrogen-bond acceptors (Lipinski definition) is 8. The average Bonchev–Trinajstić information content (AvgIpc) is 2.90. The third kappa shape index (κ3) is 5.08. The second-order valence-corrected chi connectivity index (χ2v) is 9.10. The Morgan fingerprint density at radius 1 is 1.08 bits per heavy atom. The van der Waals surface area contributed by atoms with Crippen molar-refractivity contribution in [1.82, 2.24) is 14.9 Å². The number of carbonyl (C=O) groups excluding carboxylic acids is 1. The molecule has 3 aromatic rings. The molecule has 10 nitrogen and oxygen atoms in total. The normalized spacial score (nSPS) is 15.3. The molecule has 2 aromatic carbocycles. The fraction of sp³-hybridized carbons (Fsp3) is 0.346. The van der Waals surface area contributed by atoms with Crippen molar-refractivity contribution in [2.45, 2.75) is 26.8 Å². The van der Waals surface area contributed by atoms with E-state index in [1.807, 2.05) is 4.90 Å². The Bertz CT molecular complexity index is 1380. The molecule has 0 saturated carbocycles. The summed E-state index contributed by atoms with van der Waals surface area (Å²) in [5.74, 6) is 0.574. The summed E-state index contributed by atoms with van der Waals surface area (Å²) in [6.45, 7) is 6.27. The van der Waals surface area contributed by atoms with Crippen molar-refractivity contribution in [3.05, 3.63) is 80.3 Å². The minimum atomic E-state index is -0.491. The zero-order valence-corrected chi connectivity index (χ0v) is 20.6. The lowest BCUT2D eigenvalue weighted by atomic mass is 10.0. The van der Waals surface area contributed by atoms with Crippen LogP contribution in [0.5, 0.6) is 11.6 Å². The molecule has 0 N–H and O–H groups in total. The van der Waals surface area contributed by atoms with Crippen molar-refractivity contribution in [2.75, 3.05) is 37.7 Å². The summed E-state index contributed by atoms with van der Waals surface area (Å²) in [7, 11) is 0. The van der Waals surface area contributed by atoms with Crippen LogP contribution in [0.4, 0.5) is 16.0 Å². The van der Waals surface area contributed by atoms with E-state index in [1.165, 1.54) is 18.2 Å². The van der Waals surface area contributed by atoms with E-state index in [9.17, 15) is 19.3 Å². The van der Waals surface area contributed by atoms with Crippen molar-refractivity contribution in [3.8, 4) is 11.6 Å². The van der Waals surface area contributed by atoms with Gasteiger partial charge in [-0.05, 0) is 43.7 Å². The lowest BCUT2D eigenvalue weighted by Gasteiger charge is -2.32. The Hall–Kier alpha value is -4.12. The molecule has 0 spiro atoms. The first-order valence-electron chi connectivity index (χ1n) is 12.0. The second kappa shape index (κ2) is 10.1. The van der Waals surface area contributed by atoms with Gasteiger partial charge in [0.1, 0.15) is 11.6 Å². The van der Waals surface area contributed by atoms with Crippen LogP contribution in [0.1, 0.15) is 32.7 Å². The molecular formula is C26H26FN5O5. The predicted molar refractivity (Wildman–Crippen MR) is 133 cm³/mol. The number of nitro benzene ring substituents is 1. The molecule has 0 aliphatic carbocycles. The molecule has 0 unspecified atom stereocenters. The van der Waals surface area contributed by atoms with Crippen LogP contribution in [0.3, 0.4) is 0 Å². The van der Waals surface area contributed by atoms with Crippen LogP contribution in [0, 0.1) is 29.8 Å². The Morgan fingerprint density at radius 3 is 2.59 bits per heavy atom. The lowest BCUT2D eigenvalue weighted by molar-refractivity contribution is -0.385. The molecule has 1 saturated heterocycles. The Kier molecular flexibility index (Phi) is 6.70. The summed E-state index contributed by atoms with van der Waals surface area (Å²) in [6.07, 6.45) is 0.466. The number of rotatable bonds is 5. The van der Waals surface area contributed by atoms with Crippen molar-refractivity contribution >= 4 is 17.5 Å². The van der Waals surface area contributed by atoms with Gasteiger partial charge in [0.15, 0.2) is 0 Å². The molecule has 0 atom stereocenters. The number of amides is 1. The van der Waals surface area contributed by atoms with E-state index in [1.54, 1.807) is 36.9 Å². The Balaban J connectivity index is 1.48.